The van der Waals surface area contributed by atoms with Crippen molar-refractivity contribution in [1.29, 1.82) is 0 Å². The molecule has 2 aromatic rings. The zero-order valence-corrected chi connectivity index (χ0v) is 8.02. The van der Waals surface area contributed by atoms with E-state index in [2.05, 4.69) is 21.0 Å². The van der Waals surface area contributed by atoms with Gasteiger partial charge < -0.3 is 5.11 Å². The number of carbonyl (C=O) groups is 1. The first kappa shape index (κ1) is 8.25. The highest BCUT2D eigenvalue weighted by Gasteiger charge is 2.12. The lowest BCUT2D eigenvalue weighted by molar-refractivity contribution is 0.0688. The van der Waals surface area contributed by atoms with Gasteiger partial charge in [0.1, 0.15) is 0 Å². The van der Waals surface area contributed by atoms with E-state index in [9.17, 15) is 4.79 Å². The standard InChI is InChI=1S/C8H5BrN2O2/c9-5-4-7(8(12)13)11-6(5)2-1-3-10-11/h1-4H,(H,12,13). The van der Waals surface area contributed by atoms with Crippen LogP contribution in [0.4, 0.5) is 0 Å². The van der Waals surface area contributed by atoms with Gasteiger partial charge in [0.2, 0.25) is 0 Å². The first-order valence-electron chi connectivity index (χ1n) is 3.55. The van der Waals surface area contributed by atoms with Gasteiger partial charge in [-0.2, -0.15) is 5.10 Å². The van der Waals surface area contributed by atoms with Gasteiger partial charge in [0, 0.05) is 10.7 Å². The second-order valence-corrected chi connectivity index (χ2v) is 3.36. The van der Waals surface area contributed by atoms with Crippen LogP contribution in [0.3, 0.4) is 0 Å². The third-order valence-corrected chi connectivity index (χ3v) is 2.34. The topological polar surface area (TPSA) is 54.6 Å². The number of rotatable bonds is 1. The molecule has 0 amide bonds. The van der Waals surface area contributed by atoms with Gasteiger partial charge in [0.25, 0.3) is 0 Å². The van der Waals surface area contributed by atoms with Crippen LogP contribution in [0.15, 0.2) is 28.9 Å². The number of hydrogen-bond donors (Lipinski definition) is 1. The monoisotopic (exact) mass is 240 g/mol. The minimum Gasteiger partial charge on any atom is -0.477 e. The molecule has 0 aliphatic rings. The van der Waals surface area contributed by atoms with Gasteiger partial charge in [-0.05, 0) is 34.1 Å². The van der Waals surface area contributed by atoms with Crippen LogP contribution in [-0.4, -0.2) is 20.7 Å². The minimum atomic E-state index is -0.987. The Labute approximate surface area is 81.9 Å². The fraction of sp³-hybridized carbons (Fsp3) is 0. The van der Waals surface area contributed by atoms with Crippen molar-refractivity contribution < 1.29 is 9.90 Å². The van der Waals surface area contributed by atoms with Crippen molar-refractivity contribution in [3.05, 3.63) is 34.6 Å². The van der Waals surface area contributed by atoms with E-state index < -0.39 is 5.97 Å². The van der Waals surface area contributed by atoms with Crippen molar-refractivity contribution in [3.8, 4) is 0 Å². The Hall–Kier alpha value is -1.36. The highest BCUT2D eigenvalue weighted by atomic mass is 79.9. The lowest BCUT2D eigenvalue weighted by atomic mass is 10.4. The molecule has 0 aromatic carbocycles. The summed E-state index contributed by atoms with van der Waals surface area (Å²) in [5.74, 6) is -0.987. The largest absolute Gasteiger partial charge is 0.477 e. The molecule has 0 bridgehead atoms. The molecule has 2 aromatic heterocycles. The van der Waals surface area contributed by atoms with Crippen molar-refractivity contribution in [2.45, 2.75) is 0 Å². The third kappa shape index (κ3) is 1.21. The fourth-order valence-corrected chi connectivity index (χ4v) is 1.67. The van der Waals surface area contributed by atoms with Crippen LogP contribution in [0.25, 0.3) is 5.52 Å². The zero-order valence-electron chi connectivity index (χ0n) is 6.44. The predicted molar refractivity (Wildman–Crippen MR) is 49.9 cm³/mol. The zero-order chi connectivity index (χ0) is 9.42. The maximum atomic E-state index is 10.7. The summed E-state index contributed by atoms with van der Waals surface area (Å²) in [5, 5.41) is 12.7. The maximum absolute atomic E-state index is 10.7. The summed E-state index contributed by atoms with van der Waals surface area (Å²) in [7, 11) is 0. The second kappa shape index (κ2) is 2.85. The molecule has 66 valence electrons. The highest BCUT2D eigenvalue weighted by Crippen LogP contribution is 2.21. The average Bonchev–Trinajstić information content (AvgIpc) is 2.45. The lowest BCUT2D eigenvalue weighted by Gasteiger charge is -1.94. The van der Waals surface area contributed by atoms with Crippen LogP contribution in [-0.2, 0) is 0 Å². The number of carboxylic acids is 1. The Balaban J connectivity index is 2.85. The maximum Gasteiger partial charge on any atom is 0.354 e. The molecule has 2 rings (SSSR count). The van der Waals surface area contributed by atoms with Gasteiger partial charge in [0.05, 0.1) is 5.52 Å². The van der Waals surface area contributed by atoms with Crippen molar-refractivity contribution >= 4 is 27.4 Å². The van der Waals surface area contributed by atoms with Gasteiger partial charge in [0.15, 0.2) is 5.69 Å². The van der Waals surface area contributed by atoms with E-state index in [0.29, 0.717) is 0 Å². The number of hydrogen-bond acceptors (Lipinski definition) is 2. The Morgan fingerprint density at radius 1 is 1.62 bits per heavy atom. The second-order valence-electron chi connectivity index (χ2n) is 2.50. The molecule has 2 heterocycles. The number of aromatic nitrogens is 2. The summed E-state index contributed by atoms with van der Waals surface area (Å²) in [6, 6.07) is 5.08. The molecular weight excluding hydrogens is 236 g/mol. The van der Waals surface area contributed by atoms with Gasteiger partial charge in [-0.3, -0.25) is 0 Å². The quantitative estimate of drug-likeness (QED) is 0.828. The molecule has 13 heavy (non-hydrogen) atoms. The first-order valence-corrected chi connectivity index (χ1v) is 4.35. The molecular formula is C8H5BrN2O2. The molecule has 1 N–H and O–H groups in total. The average molecular weight is 241 g/mol. The Bertz CT molecular complexity index is 478. The molecule has 0 saturated heterocycles. The van der Waals surface area contributed by atoms with Crippen LogP contribution >= 0.6 is 15.9 Å². The Kier molecular flexibility index (Phi) is 1.81. The van der Waals surface area contributed by atoms with E-state index in [1.807, 2.05) is 0 Å². The van der Waals surface area contributed by atoms with Crippen LogP contribution in [0, 0.1) is 0 Å². The number of nitrogens with zero attached hydrogens (tertiary/aromatic N) is 2. The van der Waals surface area contributed by atoms with Gasteiger partial charge in [-0.25, -0.2) is 9.31 Å². The van der Waals surface area contributed by atoms with Crippen LogP contribution < -0.4 is 0 Å². The first-order chi connectivity index (χ1) is 6.20. The van der Waals surface area contributed by atoms with Gasteiger partial charge in [-0.15, -0.1) is 0 Å². The molecule has 0 aliphatic heterocycles. The summed E-state index contributed by atoms with van der Waals surface area (Å²) in [4.78, 5) is 10.7. The molecule has 5 heteroatoms. The van der Waals surface area contributed by atoms with E-state index >= 15 is 0 Å². The normalized spacial score (nSPS) is 10.5. The molecule has 0 fully saturated rings. The highest BCUT2D eigenvalue weighted by molar-refractivity contribution is 9.10. The van der Waals surface area contributed by atoms with E-state index in [0.717, 1.165) is 9.99 Å². The molecule has 0 spiro atoms. The van der Waals surface area contributed by atoms with Crippen molar-refractivity contribution in [2.75, 3.05) is 0 Å². The molecule has 4 nitrogen and oxygen atoms in total. The number of aromatic carboxylic acids is 1. The van der Waals surface area contributed by atoms with Gasteiger partial charge >= 0.3 is 5.97 Å². The summed E-state index contributed by atoms with van der Waals surface area (Å²) in [6.07, 6.45) is 1.55. The number of fused-ring (bicyclic) bond motifs is 1. The molecule has 0 radical (unpaired) electrons. The van der Waals surface area contributed by atoms with E-state index in [1.54, 1.807) is 18.3 Å². The Morgan fingerprint density at radius 3 is 3.08 bits per heavy atom. The van der Waals surface area contributed by atoms with Crippen molar-refractivity contribution in [3.63, 3.8) is 0 Å². The van der Waals surface area contributed by atoms with Crippen LogP contribution in [0.2, 0.25) is 0 Å². The van der Waals surface area contributed by atoms with E-state index in [-0.39, 0.29) is 5.69 Å². The summed E-state index contributed by atoms with van der Waals surface area (Å²) < 4.78 is 2.12. The van der Waals surface area contributed by atoms with E-state index in [4.69, 9.17) is 5.11 Å². The summed E-state index contributed by atoms with van der Waals surface area (Å²) in [6.45, 7) is 0. The SMILES string of the molecule is O=C(O)c1cc(Br)c2cccnn12. The smallest absolute Gasteiger partial charge is 0.354 e. The summed E-state index contributed by atoms with van der Waals surface area (Å²) in [5.41, 5.74) is 0.905. The lowest BCUT2D eigenvalue weighted by Crippen LogP contribution is -2.03. The Morgan fingerprint density at radius 2 is 2.38 bits per heavy atom. The third-order valence-electron chi connectivity index (χ3n) is 1.71. The van der Waals surface area contributed by atoms with Gasteiger partial charge in [-0.1, -0.05) is 0 Å². The minimum absolute atomic E-state index is 0.155. The molecule has 0 atom stereocenters. The predicted octanol–water partition coefficient (Wildman–Crippen LogP) is 1.79. The van der Waals surface area contributed by atoms with Crippen LogP contribution in [0.5, 0.6) is 0 Å². The van der Waals surface area contributed by atoms with E-state index in [1.165, 1.54) is 10.6 Å². The summed E-state index contributed by atoms with van der Waals surface area (Å²) >= 11 is 3.26. The number of carboxylic acid groups (broad SMARTS) is 1. The molecule has 0 unspecified atom stereocenters. The molecule has 0 aliphatic carbocycles. The number of halogens is 1. The fourth-order valence-electron chi connectivity index (χ4n) is 1.15. The van der Waals surface area contributed by atoms with Crippen molar-refractivity contribution in [2.24, 2.45) is 0 Å². The molecule has 0 saturated carbocycles. The van der Waals surface area contributed by atoms with Crippen LogP contribution in [0.1, 0.15) is 10.5 Å². The van der Waals surface area contributed by atoms with Crippen molar-refractivity contribution in [1.82, 2.24) is 9.61 Å².